The van der Waals surface area contributed by atoms with Crippen LogP contribution in [0.3, 0.4) is 0 Å². The maximum atomic E-state index is 11.4. The van der Waals surface area contributed by atoms with Gasteiger partial charge in [-0.25, -0.2) is 10.3 Å². The van der Waals surface area contributed by atoms with Gasteiger partial charge in [0.05, 0.1) is 12.2 Å². The van der Waals surface area contributed by atoms with Crippen molar-refractivity contribution < 1.29 is 14.7 Å². The van der Waals surface area contributed by atoms with Gasteiger partial charge < -0.3 is 10.4 Å². The molecule has 1 saturated carbocycles. The fraction of sp³-hybridized carbons (Fsp3) is 0.583. The predicted octanol–water partition coefficient (Wildman–Crippen LogP) is 1.95. The van der Waals surface area contributed by atoms with Crippen LogP contribution in [0, 0.1) is 0 Å². The summed E-state index contributed by atoms with van der Waals surface area (Å²) in [5.74, 6) is 0. The number of hydrogen-bond donors (Lipinski definition) is 3. The summed E-state index contributed by atoms with van der Waals surface area (Å²) in [4.78, 5) is 16.7. The lowest BCUT2D eigenvalue weighted by Crippen LogP contribution is -2.39. The average molecular weight is 270 g/mol. The molecule has 1 unspecified atom stereocenters. The Hall–Kier alpha value is -1.11. The van der Waals surface area contributed by atoms with Crippen molar-refractivity contribution in [3.63, 3.8) is 0 Å². The van der Waals surface area contributed by atoms with Gasteiger partial charge in [0.2, 0.25) is 0 Å². The van der Waals surface area contributed by atoms with Gasteiger partial charge in [-0.1, -0.05) is 12.8 Å². The van der Waals surface area contributed by atoms with Crippen molar-refractivity contribution in [1.29, 1.82) is 0 Å². The molecule has 0 aromatic carbocycles. The highest BCUT2D eigenvalue weighted by atomic mass is 32.1. The third kappa shape index (κ3) is 3.97. The van der Waals surface area contributed by atoms with Crippen LogP contribution < -0.4 is 10.8 Å². The zero-order valence-electron chi connectivity index (χ0n) is 10.1. The number of hydroxylamine groups is 1. The van der Waals surface area contributed by atoms with Crippen LogP contribution in [0.2, 0.25) is 0 Å². The summed E-state index contributed by atoms with van der Waals surface area (Å²) in [7, 11) is 0. The molecule has 5 nitrogen and oxygen atoms in total. The van der Waals surface area contributed by atoms with Crippen molar-refractivity contribution in [1.82, 2.24) is 10.8 Å². The molecule has 2 amide bonds. The van der Waals surface area contributed by atoms with Gasteiger partial charge in [0.1, 0.15) is 0 Å². The average Bonchev–Trinajstić information content (AvgIpc) is 3.05. The van der Waals surface area contributed by atoms with Gasteiger partial charge in [-0.2, -0.15) is 11.3 Å². The Morgan fingerprint density at radius 2 is 2.33 bits per heavy atom. The largest absolute Gasteiger partial charge is 0.387 e. The number of rotatable bonds is 5. The van der Waals surface area contributed by atoms with E-state index in [1.807, 2.05) is 16.8 Å². The Balaban J connectivity index is 1.62. The van der Waals surface area contributed by atoms with Crippen molar-refractivity contribution in [2.75, 3.05) is 6.54 Å². The summed E-state index contributed by atoms with van der Waals surface area (Å²) in [6.07, 6.45) is 3.77. The van der Waals surface area contributed by atoms with Crippen LogP contribution in [0.1, 0.15) is 37.4 Å². The van der Waals surface area contributed by atoms with E-state index in [2.05, 4.69) is 10.8 Å². The number of urea groups is 1. The highest BCUT2D eigenvalue weighted by Gasteiger charge is 2.17. The van der Waals surface area contributed by atoms with E-state index in [1.165, 1.54) is 11.3 Å². The second-order valence-electron chi connectivity index (χ2n) is 4.41. The zero-order chi connectivity index (χ0) is 12.8. The number of aliphatic hydroxyl groups is 1. The Morgan fingerprint density at radius 3 is 3.00 bits per heavy atom. The van der Waals surface area contributed by atoms with Gasteiger partial charge >= 0.3 is 6.03 Å². The summed E-state index contributed by atoms with van der Waals surface area (Å²) in [6.45, 7) is 0.177. The van der Waals surface area contributed by atoms with Gasteiger partial charge in [-0.15, -0.1) is 0 Å². The standard InChI is InChI=1S/C12H18N2O3S/c15-11(9-5-6-18-8-9)7-13-12(16)14-17-10-3-1-2-4-10/h5-6,8,10-11,15H,1-4,7H2,(H2,13,14,16). The van der Waals surface area contributed by atoms with E-state index in [0.717, 1.165) is 31.2 Å². The van der Waals surface area contributed by atoms with Gasteiger partial charge in [-0.05, 0) is 35.2 Å². The lowest BCUT2D eigenvalue weighted by Gasteiger charge is -2.14. The Kier molecular flexibility index (Phi) is 4.98. The van der Waals surface area contributed by atoms with Crippen LogP contribution >= 0.6 is 11.3 Å². The molecular weight excluding hydrogens is 252 g/mol. The van der Waals surface area contributed by atoms with E-state index >= 15 is 0 Å². The van der Waals surface area contributed by atoms with Crippen LogP contribution in [0.5, 0.6) is 0 Å². The van der Waals surface area contributed by atoms with Crippen molar-refractivity contribution >= 4 is 17.4 Å². The molecule has 1 aliphatic rings. The molecule has 1 aromatic heterocycles. The summed E-state index contributed by atoms with van der Waals surface area (Å²) in [5.41, 5.74) is 3.18. The maximum Gasteiger partial charge on any atom is 0.338 e. The molecule has 0 spiro atoms. The van der Waals surface area contributed by atoms with Crippen LogP contribution in [0.4, 0.5) is 4.79 Å². The van der Waals surface area contributed by atoms with Crippen LogP contribution in [0.15, 0.2) is 16.8 Å². The van der Waals surface area contributed by atoms with E-state index in [-0.39, 0.29) is 12.6 Å². The summed E-state index contributed by atoms with van der Waals surface area (Å²) in [5, 5.41) is 16.1. The third-order valence-electron chi connectivity index (χ3n) is 3.00. The Labute approximate surface area is 110 Å². The molecule has 6 heteroatoms. The zero-order valence-corrected chi connectivity index (χ0v) is 10.9. The smallest absolute Gasteiger partial charge is 0.338 e. The van der Waals surface area contributed by atoms with E-state index in [4.69, 9.17) is 4.84 Å². The highest BCUT2D eigenvalue weighted by Crippen LogP contribution is 2.19. The lowest BCUT2D eigenvalue weighted by atomic mass is 10.2. The van der Waals surface area contributed by atoms with E-state index in [0.29, 0.717) is 0 Å². The SMILES string of the molecule is O=C(NCC(O)c1ccsc1)NOC1CCCC1. The van der Waals surface area contributed by atoms with Gasteiger partial charge in [0.15, 0.2) is 0 Å². The first kappa shape index (κ1) is 13.3. The van der Waals surface area contributed by atoms with Crippen LogP contribution in [0.25, 0.3) is 0 Å². The first-order valence-corrected chi connectivity index (χ1v) is 7.09. The number of carbonyl (C=O) groups is 1. The summed E-state index contributed by atoms with van der Waals surface area (Å²) < 4.78 is 0. The minimum atomic E-state index is -0.673. The monoisotopic (exact) mass is 270 g/mol. The molecule has 1 heterocycles. The predicted molar refractivity (Wildman–Crippen MR) is 69.2 cm³/mol. The van der Waals surface area contributed by atoms with Gasteiger partial charge in [0.25, 0.3) is 0 Å². The number of amides is 2. The molecule has 0 saturated heterocycles. The number of nitrogens with one attached hydrogen (secondary N) is 2. The topological polar surface area (TPSA) is 70.6 Å². The molecule has 1 aromatic rings. The van der Waals surface area contributed by atoms with E-state index in [1.54, 1.807) is 0 Å². The molecule has 3 N–H and O–H groups in total. The number of hydrogen-bond acceptors (Lipinski definition) is 4. The molecular formula is C12H18N2O3S. The fourth-order valence-corrected chi connectivity index (χ4v) is 2.66. The first-order valence-electron chi connectivity index (χ1n) is 6.15. The van der Waals surface area contributed by atoms with Crippen LogP contribution in [-0.4, -0.2) is 23.8 Å². The summed E-state index contributed by atoms with van der Waals surface area (Å²) >= 11 is 1.52. The molecule has 0 radical (unpaired) electrons. The van der Waals surface area contributed by atoms with Crippen LogP contribution in [-0.2, 0) is 4.84 Å². The first-order chi connectivity index (χ1) is 8.75. The number of carbonyl (C=O) groups excluding carboxylic acids is 1. The molecule has 0 bridgehead atoms. The number of thiophene rings is 1. The van der Waals surface area contributed by atoms with Gasteiger partial charge in [0, 0.05) is 6.54 Å². The second kappa shape index (κ2) is 6.72. The minimum Gasteiger partial charge on any atom is -0.387 e. The normalized spacial score (nSPS) is 17.6. The molecule has 2 rings (SSSR count). The molecule has 1 fully saturated rings. The van der Waals surface area contributed by atoms with Crippen molar-refractivity contribution in [3.05, 3.63) is 22.4 Å². The molecule has 100 valence electrons. The molecule has 1 aliphatic carbocycles. The van der Waals surface area contributed by atoms with Crippen molar-refractivity contribution in [2.24, 2.45) is 0 Å². The quantitative estimate of drug-likeness (QED) is 0.716. The van der Waals surface area contributed by atoms with E-state index < -0.39 is 12.1 Å². The Morgan fingerprint density at radius 1 is 1.56 bits per heavy atom. The van der Waals surface area contributed by atoms with Crippen molar-refractivity contribution in [2.45, 2.75) is 37.9 Å². The van der Waals surface area contributed by atoms with Crippen molar-refractivity contribution in [3.8, 4) is 0 Å². The highest BCUT2D eigenvalue weighted by molar-refractivity contribution is 7.07. The molecule has 18 heavy (non-hydrogen) atoms. The lowest BCUT2D eigenvalue weighted by molar-refractivity contribution is -0.000415. The molecule has 1 atom stereocenters. The van der Waals surface area contributed by atoms with E-state index in [9.17, 15) is 9.90 Å². The molecule has 0 aliphatic heterocycles. The third-order valence-corrected chi connectivity index (χ3v) is 3.71. The minimum absolute atomic E-state index is 0.137. The van der Waals surface area contributed by atoms with Gasteiger partial charge in [-0.3, -0.25) is 4.84 Å². The maximum absolute atomic E-state index is 11.4. The second-order valence-corrected chi connectivity index (χ2v) is 5.19. The number of aliphatic hydroxyl groups excluding tert-OH is 1. The summed E-state index contributed by atoms with van der Waals surface area (Å²) in [6, 6.07) is 1.43. The Bertz CT molecular complexity index is 363. The fourth-order valence-electron chi connectivity index (χ4n) is 1.95.